The second-order valence-corrected chi connectivity index (χ2v) is 2.58. The number of pyridine rings is 1. The fourth-order valence-corrected chi connectivity index (χ4v) is 1.10. The smallest absolute Gasteiger partial charge is 0.255 e. The van der Waals surface area contributed by atoms with Gasteiger partial charge in [-0.15, -0.1) is 0 Å². The zero-order valence-electron chi connectivity index (χ0n) is 7.41. The molecule has 0 radical (unpaired) electrons. The Morgan fingerprint density at radius 1 is 1.58 bits per heavy atom. The standard InChI is InChI=1S/C9H13NO2/c1-3-8-5-4-6-10(7-12-2)9(8)11/h4-6H,3,7H2,1-2H3. The molecule has 3 nitrogen and oxygen atoms in total. The highest BCUT2D eigenvalue weighted by Gasteiger charge is 1.98. The molecule has 1 heterocycles. The third kappa shape index (κ3) is 1.74. The number of aryl methyl sites for hydroxylation is 1. The molecule has 0 unspecified atom stereocenters. The van der Waals surface area contributed by atoms with Crippen LogP contribution in [0.3, 0.4) is 0 Å². The Balaban J connectivity index is 3.06. The molecule has 0 aliphatic heterocycles. The molecule has 66 valence electrons. The summed E-state index contributed by atoms with van der Waals surface area (Å²) in [5.74, 6) is 0. The zero-order valence-corrected chi connectivity index (χ0v) is 7.41. The molecule has 0 bridgehead atoms. The summed E-state index contributed by atoms with van der Waals surface area (Å²) in [4.78, 5) is 11.5. The minimum atomic E-state index is 0.0434. The number of hydrogen-bond acceptors (Lipinski definition) is 2. The molecule has 0 amide bonds. The number of nitrogens with zero attached hydrogens (tertiary/aromatic N) is 1. The summed E-state index contributed by atoms with van der Waals surface area (Å²) in [6, 6.07) is 3.70. The minimum Gasteiger partial charge on any atom is -0.364 e. The van der Waals surface area contributed by atoms with Crippen LogP contribution in [-0.2, 0) is 17.9 Å². The zero-order chi connectivity index (χ0) is 8.97. The molecule has 0 saturated heterocycles. The number of ether oxygens (including phenoxy) is 1. The van der Waals surface area contributed by atoms with Crippen LogP contribution in [0.4, 0.5) is 0 Å². The van der Waals surface area contributed by atoms with Crippen molar-refractivity contribution in [2.45, 2.75) is 20.1 Å². The molecule has 1 aromatic rings. The van der Waals surface area contributed by atoms with E-state index in [-0.39, 0.29) is 5.56 Å². The van der Waals surface area contributed by atoms with Crippen LogP contribution in [0.15, 0.2) is 23.1 Å². The topological polar surface area (TPSA) is 31.2 Å². The van der Waals surface area contributed by atoms with Crippen molar-refractivity contribution in [2.75, 3.05) is 7.11 Å². The van der Waals surface area contributed by atoms with Crippen molar-refractivity contribution in [3.63, 3.8) is 0 Å². The monoisotopic (exact) mass is 167 g/mol. The molecule has 12 heavy (non-hydrogen) atoms. The molecule has 0 aliphatic rings. The lowest BCUT2D eigenvalue weighted by Gasteiger charge is -2.04. The van der Waals surface area contributed by atoms with E-state index in [4.69, 9.17) is 4.74 Å². The van der Waals surface area contributed by atoms with Crippen LogP contribution in [0.5, 0.6) is 0 Å². The predicted molar refractivity (Wildman–Crippen MR) is 47.1 cm³/mol. The molecule has 0 aliphatic carbocycles. The van der Waals surface area contributed by atoms with E-state index in [0.717, 1.165) is 12.0 Å². The van der Waals surface area contributed by atoms with E-state index in [1.807, 2.05) is 19.1 Å². The van der Waals surface area contributed by atoms with Gasteiger partial charge in [0.15, 0.2) is 0 Å². The largest absolute Gasteiger partial charge is 0.364 e. The molecule has 0 spiro atoms. The maximum Gasteiger partial charge on any atom is 0.255 e. The lowest BCUT2D eigenvalue weighted by molar-refractivity contribution is 0.128. The molecular weight excluding hydrogens is 154 g/mol. The number of methoxy groups -OCH3 is 1. The van der Waals surface area contributed by atoms with Crippen LogP contribution in [-0.4, -0.2) is 11.7 Å². The summed E-state index contributed by atoms with van der Waals surface area (Å²) in [6.45, 7) is 2.29. The second kappa shape index (κ2) is 4.07. The molecule has 0 fully saturated rings. The third-order valence-electron chi connectivity index (χ3n) is 1.75. The Morgan fingerprint density at radius 3 is 2.92 bits per heavy atom. The first kappa shape index (κ1) is 9.00. The molecule has 3 heteroatoms. The molecule has 1 aromatic heterocycles. The van der Waals surface area contributed by atoms with E-state index in [2.05, 4.69) is 0 Å². The number of rotatable bonds is 3. The van der Waals surface area contributed by atoms with Gasteiger partial charge in [0.2, 0.25) is 0 Å². The van der Waals surface area contributed by atoms with Crippen LogP contribution in [0, 0.1) is 0 Å². The van der Waals surface area contributed by atoms with Gasteiger partial charge in [-0.25, -0.2) is 0 Å². The molecule has 1 rings (SSSR count). The van der Waals surface area contributed by atoms with E-state index < -0.39 is 0 Å². The van der Waals surface area contributed by atoms with Crippen LogP contribution in [0.1, 0.15) is 12.5 Å². The van der Waals surface area contributed by atoms with Gasteiger partial charge in [0.25, 0.3) is 5.56 Å². The Hall–Kier alpha value is -1.09. The highest BCUT2D eigenvalue weighted by Crippen LogP contribution is 1.92. The maximum atomic E-state index is 11.5. The van der Waals surface area contributed by atoms with Gasteiger partial charge in [-0.3, -0.25) is 9.36 Å². The predicted octanol–water partition coefficient (Wildman–Crippen LogP) is 1.01. The molecule has 0 N–H and O–H groups in total. The summed E-state index contributed by atoms with van der Waals surface area (Å²) in [5.41, 5.74) is 0.872. The van der Waals surface area contributed by atoms with E-state index in [0.29, 0.717) is 6.73 Å². The lowest BCUT2D eigenvalue weighted by Crippen LogP contribution is -2.23. The fourth-order valence-electron chi connectivity index (χ4n) is 1.10. The highest BCUT2D eigenvalue weighted by atomic mass is 16.5. The van der Waals surface area contributed by atoms with Gasteiger partial charge in [0, 0.05) is 18.9 Å². The molecule has 0 saturated carbocycles. The Morgan fingerprint density at radius 2 is 2.33 bits per heavy atom. The van der Waals surface area contributed by atoms with Gasteiger partial charge in [-0.1, -0.05) is 13.0 Å². The molecular formula is C9H13NO2. The van der Waals surface area contributed by atoms with E-state index in [1.54, 1.807) is 17.9 Å². The molecule has 0 aromatic carbocycles. The first-order chi connectivity index (χ1) is 5.79. The Bertz CT molecular complexity index is 304. The first-order valence-corrected chi connectivity index (χ1v) is 3.97. The van der Waals surface area contributed by atoms with Gasteiger partial charge in [-0.2, -0.15) is 0 Å². The van der Waals surface area contributed by atoms with Crippen molar-refractivity contribution in [1.29, 1.82) is 0 Å². The van der Waals surface area contributed by atoms with Crippen LogP contribution < -0.4 is 5.56 Å². The Labute approximate surface area is 71.6 Å². The van der Waals surface area contributed by atoms with Gasteiger partial charge in [-0.05, 0) is 12.5 Å². The maximum absolute atomic E-state index is 11.5. The van der Waals surface area contributed by atoms with Crippen LogP contribution >= 0.6 is 0 Å². The first-order valence-electron chi connectivity index (χ1n) is 3.97. The summed E-state index contributed by atoms with van der Waals surface area (Å²) >= 11 is 0. The van der Waals surface area contributed by atoms with Crippen molar-refractivity contribution >= 4 is 0 Å². The van der Waals surface area contributed by atoms with Crippen molar-refractivity contribution in [3.05, 3.63) is 34.2 Å². The van der Waals surface area contributed by atoms with Gasteiger partial charge < -0.3 is 4.74 Å². The SMILES string of the molecule is CCc1cccn(COC)c1=O. The average Bonchev–Trinajstić information content (AvgIpc) is 2.09. The van der Waals surface area contributed by atoms with Crippen molar-refractivity contribution in [1.82, 2.24) is 4.57 Å². The summed E-state index contributed by atoms with van der Waals surface area (Å²) in [6.07, 6.45) is 2.49. The number of hydrogen-bond donors (Lipinski definition) is 0. The quantitative estimate of drug-likeness (QED) is 0.673. The van der Waals surface area contributed by atoms with E-state index in [9.17, 15) is 4.79 Å². The Kier molecular flexibility index (Phi) is 3.05. The van der Waals surface area contributed by atoms with Crippen molar-refractivity contribution in [3.8, 4) is 0 Å². The fraction of sp³-hybridized carbons (Fsp3) is 0.444. The summed E-state index contributed by atoms with van der Waals surface area (Å²) in [7, 11) is 1.57. The molecule has 0 atom stereocenters. The summed E-state index contributed by atoms with van der Waals surface area (Å²) in [5, 5.41) is 0. The van der Waals surface area contributed by atoms with Gasteiger partial charge >= 0.3 is 0 Å². The second-order valence-electron chi connectivity index (χ2n) is 2.58. The highest BCUT2D eigenvalue weighted by molar-refractivity contribution is 5.09. The normalized spacial score (nSPS) is 10.2. The van der Waals surface area contributed by atoms with Crippen molar-refractivity contribution in [2.24, 2.45) is 0 Å². The van der Waals surface area contributed by atoms with Gasteiger partial charge in [0.1, 0.15) is 6.73 Å². The van der Waals surface area contributed by atoms with Crippen molar-refractivity contribution < 1.29 is 4.74 Å². The average molecular weight is 167 g/mol. The van der Waals surface area contributed by atoms with E-state index >= 15 is 0 Å². The lowest BCUT2D eigenvalue weighted by atomic mass is 10.2. The third-order valence-corrected chi connectivity index (χ3v) is 1.75. The van der Waals surface area contributed by atoms with E-state index in [1.165, 1.54) is 0 Å². The number of aromatic nitrogens is 1. The van der Waals surface area contributed by atoms with Crippen LogP contribution in [0.2, 0.25) is 0 Å². The van der Waals surface area contributed by atoms with Gasteiger partial charge in [0.05, 0.1) is 0 Å². The minimum absolute atomic E-state index is 0.0434. The summed E-state index contributed by atoms with van der Waals surface area (Å²) < 4.78 is 6.43. The van der Waals surface area contributed by atoms with Crippen LogP contribution in [0.25, 0.3) is 0 Å².